The molecule has 4 nitrogen and oxygen atoms in total. The highest BCUT2D eigenvalue weighted by Gasteiger charge is 2.12. The molecule has 1 atom stereocenters. The van der Waals surface area contributed by atoms with Gasteiger partial charge in [-0.1, -0.05) is 12.1 Å². The average molecular weight is 209 g/mol. The zero-order chi connectivity index (χ0) is 11.4. The highest BCUT2D eigenvalue weighted by atomic mass is 16.5. The van der Waals surface area contributed by atoms with Gasteiger partial charge in [-0.25, -0.2) is 0 Å². The number of aryl methyl sites for hydroxylation is 1. The number of aromatic hydroxyl groups is 1. The van der Waals surface area contributed by atoms with Crippen LogP contribution in [0.3, 0.4) is 0 Å². The molecule has 4 heteroatoms. The van der Waals surface area contributed by atoms with Crippen molar-refractivity contribution in [2.24, 2.45) is 5.73 Å². The minimum absolute atomic E-state index is 0.140. The molecule has 0 bridgehead atoms. The zero-order valence-electron chi connectivity index (χ0n) is 8.86. The van der Waals surface area contributed by atoms with Gasteiger partial charge < -0.3 is 15.6 Å². The van der Waals surface area contributed by atoms with Crippen molar-refractivity contribution in [1.29, 1.82) is 0 Å². The molecule has 0 radical (unpaired) electrons. The van der Waals surface area contributed by atoms with Gasteiger partial charge >= 0.3 is 5.97 Å². The topological polar surface area (TPSA) is 72.5 Å². The number of nitrogens with two attached hydrogens (primary N) is 1. The number of phenolic OH excluding ortho intramolecular Hbond substituents is 1. The van der Waals surface area contributed by atoms with Crippen LogP contribution >= 0.6 is 0 Å². The van der Waals surface area contributed by atoms with Crippen LogP contribution in [0.2, 0.25) is 0 Å². The van der Waals surface area contributed by atoms with E-state index in [1.54, 1.807) is 25.1 Å². The molecule has 0 saturated heterocycles. The van der Waals surface area contributed by atoms with Crippen molar-refractivity contribution in [2.45, 2.75) is 19.4 Å². The number of carbonyl (C=O) groups excluding carboxylic acids is 1. The first-order valence-corrected chi connectivity index (χ1v) is 4.66. The molecule has 1 aromatic rings. The van der Waals surface area contributed by atoms with E-state index in [0.717, 1.165) is 11.1 Å². The molecule has 0 aliphatic rings. The largest absolute Gasteiger partial charge is 0.508 e. The maximum Gasteiger partial charge on any atom is 0.307 e. The molecule has 0 amide bonds. The number of hydrogen-bond donors (Lipinski definition) is 2. The van der Waals surface area contributed by atoms with Crippen LogP contribution in [0.1, 0.15) is 23.6 Å². The van der Waals surface area contributed by atoms with E-state index in [9.17, 15) is 9.90 Å². The molecule has 0 aromatic heterocycles. The molecule has 0 spiro atoms. The van der Waals surface area contributed by atoms with Crippen LogP contribution in [0.4, 0.5) is 0 Å². The Morgan fingerprint density at radius 3 is 2.80 bits per heavy atom. The van der Waals surface area contributed by atoms with E-state index in [4.69, 9.17) is 5.73 Å². The third-order valence-electron chi connectivity index (χ3n) is 2.26. The quantitative estimate of drug-likeness (QED) is 0.735. The van der Waals surface area contributed by atoms with Crippen molar-refractivity contribution < 1.29 is 14.6 Å². The Hall–Kier alpha value is -1.55. The first kappa shape index (κ1) is 11.5. The number of carbonyl (C=O) groups is 1. The SMILES string of the molecule is COC(=O)C[C@H](N)c1ccc(O)c(C)c1. The third-order valence-corrected chi connectivity index (χ3v) is 2.26. The molecule has 0 aliphatic carbocycles. The Kier molecular flexibility index (Phi) is 3.68. The fourth-order valence-electron chi connectivity index (χ4n) is 1.29. The number of benzene rings is 1. The molecular weight excluding hydrogens is 194 g/mol. The maximum atomic E-state index is 11.0. The van der Waals surface area contributed by atoms with Crippen molar-refractivity contribution in [2.75, 3.05) is 7.11 Å². The summed E-state index contributed by atoms with van der Waals surface area (Å²) < 4.78 is 4.53. The second-order valence-corrected chi connectivity index (χ2v) is 3.43. The van der Waals surface area contributed by atoms with Crippen molar-refractivity contribution in [3.8, 4) is 5.75 Å². The van der Waals surface area contributed by atoms with E-state index in [1.165, 1.54) is 7.11 Å². The molecule has 0 aliphatic heterocycles. The van der Waals surface area contributed by atoms with Gasteiger partial charge in [0.1, 0.15) is 5.75 Å². The summed E-state index contributed by atoms with van der Waals surface area (Å²) in [6.07, 6.45) is 0.140. The van der Waals surface area contributed by atoms with Gasteiger partial charge in [0.05, 0.1) is 13.5 Å². The summed E-state index contributed by atoms with van der Waals surface area (Å²) in [5.74, 6) is -0.114. The van der Waals surface area contributed by atoms with E-state index in [-0.39, 0.29) is 18.1 Å². The van der Waals surface area contributed by atoms with Gasteiger partial charge in [-0.15, -0.1) is 0 Å². The minimum atomic E-state index is -0.392. The van der Waals surface area contributed by atoms with Gasteiger partial charge in [-0.2, -0.15) is 0 Å². The zero-order valence-corrected chi connectivity index (χ0v) is 8.86. The van der Waals surface area contributed by atoms with Gasteiger partial charge in [-0.3, -0.25) is 4.79 Å². The molecular formula is C11H15NO3. The summed E-state index contributed by atoms with van der Waals surface area (Å²) in [5, 5.41) is 9.32. The van der Waals surface area contributed by atoms with Crippen molar-refractivity contribution >= 4 is 5.97 Å². The normalized spacial score (nSPS) is 12.2. The standard InChI is InChI=1S/C11H15NO3/c1-7-5-8(3-4-10(7)13)9(12)6-11(14)15-2/h3-5,9,13H,6,12H2,1-2H3/t9-/m0/s1. The summed E-state index contributed by atoms with van der Waals surface area (Å²) in [7, 11) is 1.33. The van der Waals surface area contributed by atoms with E-state index in [0.29, 0.717) is 0 Å². The number of hydrogen-bond acceptors (Lipinski definition) is 4. The van der Waals surface area contributed by atoms with Gasteiger partial charge in [0.25, 0.3) is 0 Å². The second kappa shape index (κ2) is 4.79. The van der Waals surface area contributed by atoms with Crippen molar-refractivity contribution in [3.05, 3.63) is 29.3 Å². The molecule has 15 heavy (non-hydrogen) atoms. The predicted octanol–water partition coefficient (Wildman–Crippen LogP) is 1.26. The van der Waals surface area contributed by atoms with Crippen molar-refractivity contribution in [1.82, 2.24) is 0 Å². The van der Waals surface area contributed by atoms with Gasteiger partial charge in [0.15, 0.2) is 0 Å². The Bertz CT molecular complexity index is 363. The fraction of sp³-hybridized carbons (Fsp3) is 0.364. The number of methoxy groups -OCH3 is 1. The Balaban J connectivity index is 2.78. The molecule has 1 rings (SSSR count). The summed E-state index contributed by atoms with van der Waals surface area (Å²) in [4.78, 5) is 11.0. The minimum Gasteiger partial charge on any atom is -0.508 e. The van der Waals surface area contributed by atoms with E-state index >= 15 is 0 Å². The van der Waals surface area contributed by atoms with E-state index < -0.39 is 6.04 Å². The summed E-state index contributed by atoms with van der Waals surface area (Å²) in [6, 6.07) is 4.65. The lowest BCUT2D eigenvalue weighted by Gasteiger charge is -2.11. The van der Waals surface area contributed by atoms with Crippen LogP contribution < -0.4 is 5.73 Å². The van der Waals surface area contributed by atoms with Crippen LogP contribution in [0, 0.1) is 6.92 Å². The van der Waals surface area contributed by atoms with Crippen LogP contribution in [0.25, 0.3) is 0 Å². The number of ether oxygens (including phenoxy) is 1. The number of rotatable bonds is 3. The molecule has 0 heterocycles. The number of esters is 1. The maximum absolute atomic E-state index is 11.0. The van der Waals surface area contributed by atoms with Crippen LogP contribution in [0.15, 0.2) is 18.2 Å². The highest BCUT2D eigenvalue weighted by molar-refractivity contribution is 5.70. The fourth-order valence-corrected chi connectivity index (χ4v) is 1.29. The number of phenols is 1. The highest BCUT2D eigenvalue weighted by Crippen LogP contribution is 2.22. The first-order valence-electron chi connectivity index (χ1n) is 4.66. The smallest absolute Gasteiger partial charge is 0.307 e. The van der Waals surface area contributed by atoms with Gasteiger partial charge in [0.2, 0.25) is 0 Å². The molecule has 0 unspecified atom stereocenters. The van der Waals surface area contributed by atoms with Crippen LogP contribution in [-0.4, -0.2) is 18.2 Å². The summed E-state index contributed by atoms with van der Waals surface area (Å²) >= 11 is 0. The Morgan fingerprint density at radius 1 is 1.60 bits per heavy atom. The molecule has 82 valence electrons. The molecule has 0 fully saturated rings. The predicted molar refractivity (Wildman–Crippen MR) is 56.4 cm³/mol. The molecule has 3 N–H and O–H groups in total. The van der Waals surface area contributed by atoms with Gasteiger partial charge in [0, 0.05) is 6.04 Å². The van der Waals surface area contributed by atoms with E-state index in [1.807, 2.05) is 0 Å². The molecule has 0 saturated carbocycles. The molecule has 1 aromatic carbocycles. The third kappa shape index (κ3) is 2.95. The van der Waals surface area contributed by atoms with Crippen LogP contribution in [-0.2, 0) is 9.53 Å². The first-order chi connectivity index (χ1) is 7.04. The lowest BCUT2D eigenvalue weighted by atomic mass is 10.0. The van der Waals surface area contributed by atoms with Gasteiger partial charge in [-0.05, 0) is 24.1 Å². The van der Waals surface area contributed by atoms with Crippen molar-refractivity contribution in [3.63, 3.8) is 0 Å². The summed E-state index contributed by atoms with van der Waals surface area (Å²) in [5.41, 5.74) is 7.37. The monoisotopic (exact) mass is 209 g/mol. The summed E-state index contributed by atoms with van der Waals surface area (Å²) in [6.45, 7) is 1.78. The van der Waals surface area contributed by atoms with E-state index in [2.05, 4.69) is 4.74 Å². The average Bonchev–Trinajstić information content (AvgIpc) is 2.21. The Morgan fingerprint density at radius 2 is 2.27 bits per heavy atom. The lowest BCUT2D eigenvalue weighted by Crippen LogP contribution is -2.16. The lowest BCUT2D eigenvalue weighted by molar-refractivity contribution is -0.141. The Labute approximate surface area is 88.7 Å². The van der Waals surface area contributed by atoms with Crippen LogP contribution in [0.5, 0.6) is 5.75 Å². The second-order valence-electron chi connectivity index (χ2n) is 3.43.